The summed E-state index contributed by atoms with van der Waals surface area (Å²) in [6.45, 7) is 3.08. The van der Waals surface area contributed by atoms with E-state index in [0.29, 0.717) is 24.5 Å². The van der Waals surface area contributed by atoms with Crippen molar-refractivity contribution in [2.24, 2.45) is 0 Å². The van der Waals surface area contributed by atoms with Gasteiger partial charge in [-0.2, -0.15) is 4.39 Å². The average Bonchev–Trinajstić information content (AvgIpc) is 3.54. The van der Waals surface area contributed by atoms with Gasteiger partial charge in [0.25, 0.3) is 5.91 Å². The molecule has 186 valence electrons. The van der Waals surface area contributed by atoms with Crippen LogP contribution in [-0.4, -0.2) is 41.6 Å². The van der Waals surface area contributed by atoms with Gasteiger partial charge in [-0.05, 0) is 72.8 Å². The Kier molecular flexibility index (Phi) is 4.94. The van der Waals surface area contributed by atoms with Gasteiger partial charge in [0, 0.05) is 19.3 Å². The van der Waals surface area contributed by atoms with E-state index >= 15 is 0 Å². The number of hydrogen-bond donors (Lipinski definition) is 1. The maximum Gasteiger partial charge on any atom is 0.256 e. The van der Waals surface area contributed by atoms with Gasteiger partial charge in [-0.1, -0.05) is 24.3 Å². The average molecular weight is 500 g/mol. The van der Waals surface area contributed by atoms with Crippen molar-refractivity contribution in [3.05, 3.63) is 87.2 Å². The predicted octanol–water partition coefficient (Wildman–Crippen LogP) is 4.77. The second-order valence-electron chi connectivity index (χ2n) is 9.86. The molecule has 0 spiro atoms. The first-order chi connectivity index (χ1) is 18.0. The molecule has 4 aromatic rings. The summed E-state index contributed by atoms with van der Waals surface area (Å²) in [6.07, 6.45) is 4.43. The number of carbonyl (C=O) groups is 1. The van der Waals surface area contributed by atoms with Crippen LogP contribution in [0, 0.1) is 11.6 Å². The Morgan fingerprint density at radius 2 is 1.84 bits per heavy atom. The summed E-state index contributed by atoms with van der Waals surface area (Å²) in [4.78, 5) is 28.7. The van der Waals surface area contributed by atoms with Crippen molar-refractivity contribution < 1.29 is 18.3 Å². The number of benzene rings is 3. The normalized spacial score (nSPS) is 15.3. The van der Waals surface area contributed by atoms with Crippen molar-refractivity contribution in [2.75, 3.05) is 26.2 Å². The van der Waals surface area contributed by atoms with Crippen LogP contribution < -0.4 is 15.5 Å². The molecule has 1 N–H and O–H groups in total. The van der Waals surface area contributed by atoms with E-state index < -0.39 is 23.0 Å². The molecule has 0 bridgehead atoms. The first-order valence-corrected chi connectivity index (χ1v) is 12.5. The van der Waals surface area contributed by atoms with Crippen molar-refractivity contribution in [1.29, 1.82) is 0 Å². The van der Waals surface area contributed by atoms with E-state index in [1.54, 1.807) is 4.57 Å². The highest BCUT2D eigenvalue weighted by atomic mass is 19.2. The number of ether oxygens (including phenoxy) is 1. The van der Waals surface area contributed by atoms with E-state index in [1.165, 1.54) is 6.20 Å². The van der Waals surface area contributed by atoms with Crippen LogP contribution in [0.2, 0.25) is 0 Å². The van der Waals surface area contributed by atoms with Crippen LogP contribution in [0.15, 0.2) is 53.5 Å². The molecule has 3 aliphatic rings. The van der Waals surface area contributed by atoms with Crippen molar-refractivity contribution in [2.45, 2.75) is 19.3 Å². The van der Waals surface area contributed by atoms with Gasteiger partial charge in [-0.25, -0.2) is 4.39 Å². The van der Waals surface area contributed by atoms with Gasteiger partial charge in [-0.15, -0.1) is 0 Å². The SMILES string of the molecule is O=C(NCCN1CCCC1)c1cn2c3c(c(F)c(F)cc3c1=O)Oc1cc3c(cc1-2)Cc1ccccc1-3. The summed E-state index contributed by atoms with van der Waals surface area (Å²) in [5.41, 5.74) is 4.15. The topological polar surface area (TPSA) is 63.6 Å². The van der Waals surface area contributed by atoms with Crippen molar-refractivity contribution in [3.8, 4) is 28.3 Å². The fraction of sp³-hybridized carbons (Fsp3) is 0.241. The van der Waals surface area contributed by atoms with Gasteiger partial charge in [0.15, 0.2) is 17.3 Å². The van der Waals surface area contributed by atoms with Crippen LogP contribution in [-0.2, 0) is 6.42 Å². The minimum atomic E-state index is -1.20. The highest BCUT2D eigenvalue weighted by Gasteiger charge is 2.31. The van der Waals surface area contributed by atoms with Crippen LogP contribution in [0.3, 0.4) is 0 Å². The molecule has 7 rings (SSSR count). The highest BCUT2D eigenvalue weighted by Crippen LogP contribution is 2.47. The summed E-state index contributed by atoms with van der Waals surface area (Å²) >= 11 is 0. The number of halogens is 2. The number of rotatable bonds is 4. The maximum atomic E-state index is 15.0. The molecular weight excluding hydrogens is 476 g/mol. The minimum absolute atomic E-state index is 0.101. The van der Waals surface area contributed by atoms with Crippen molar-refractivity contribution in [1.82, 2.24) is 14.8 Å². The molecule has 8 heteroatoms. The zero-order chi connectivity index (χ0) is 25.3. The first kappa shape index (κ1) is 22.2. The third-order valence-corrected chi connectivity index (χ3v) is 7.64. The number of hydrogen-bond acceptors (Lipinski definition) is 4. The van der Waals surface area contributed by atoms with Crippen LogP contribution in [0.25, 0.3) is 27.7 Å². The fourth-order valence-electron chi connectivity index (χ4n) is 5.81. The summed E-state index contributed by atoms with van der Waals surface area (Å²) in [6, 6.07) is 12.6. The summed E-state index contributed by atoms with van der Waals surface area (Å²) in [5, 5.41) is 2.72. The van der Waals surface area contributed by atoms with Gasteiger partial charge < -0.3 is 19.5 Å². The fourth-order valence-corrected chi connectivity index (χ4v) is 5.81. The Morgan fingerprint density at radius 1 is 1.03 bits per heavy atom. The molecule has 2 aliphatic heterocycles. The molecule has 0 atom stereocenters. The third kappa shape index (κ3) is 3.39. The largest absolute Gasteiger partial charge is 0.450 e. The lowest BCUT2D eigenvalue weighted by Crippen LogP contribution is -2.36. The molecule has 3 heterocycles. The number of carbonyl (C=O) groups excluding carboxylic acids is 1. The zero-order valence-corrected chi connectivity index (χ0v) is 19.9. The van der Waals surface area contributed by atoms with E-state index in [9.17, 15) is 18.4 Å². The monoisotopic (exact) mass is 499 g/mol. The summed E-state index contributed by atoms with van der Waals surface area (Å²) in [7, 11) is 0. The number of amides is 1. The Morgan fingerprint density at radius 3 is 2.68 bits per heavy atom. The number of aromatic nitrogens is 1. The second-order valence-corrected chi connectivity index (χ2v) is 9.86. The molecule has 1 aromatic heterocycles. The molecule has 1 fully saturated rings. The Labute approximate surface area is 211 Å². The van der Waals surface area contributed by atoms with E-state index in [0.717, 1.165) is 60.7 Å². The smallest absolute Gasteiger partial charge is 0.256 e. The molecule has 0 unspecified atom stereocenters. The van der Waals surface area contributed by atoms with E-state index in [-0.39, 0.29) is 22.2 Å². The van der Waals surface area contributed by atoms with E-state index in [1.807, 2.05) is 30.3 Å². The van der Waals surface area contributed by atoms with Gasteiger partial charge >= 0.3 is 0 Å². The molecule has 6 nitrogen and oxygen atoms in total. The molecule has 0 saturated carbocycles. The molecule has 37 heavy (non-hydrogen) atoms. The molecule has 0 radical (unpaired) electrons. The van der Waals surface area contributed by atoms with Crippen LogP contribution in [0.5, 0.6) is 11.5 Å². The molecular formula is C29H23F2N3O3. The molecule has 3 aromatic carbocycles. The number of nitrogens with zero attached hydrogens (tertiary/aromatic N) is 2. The number of pyridine rings is 1. The third-order valence-electron chi connectivity index (χ3n) is 7.64. The van der Waals surface area contributed by atoms with Crippen LogP contribution in [0.4, 0.5) is 8.78 Å². The van der Waals surface area contributed by atoms with E-state index in [4.69, 9.17) is 4.74 Å². The number of likely N-dealkylation sites (tertiary alicyclic amines) is 1. The van der Waals surface area contributed by atoms with Crippen LogP contribution in [0.1, 0.15) is 34.3 Å². The van der Waals surface area contributed by atoms with Gasteiger partial charge in [0.2, 0.25) is 11.2 Å². The van der Waals surface area contributed by atoms with Crippen LogP contribution >= 0.6 is 0 Å². The Bertz CT molecular complexity index is 1690. The lowest BCUT2D eigenvalue weighted by Gasteiger charge is -2.25. The number of nitrogens with one attached hydrogen (secondary N) is 1. The maximum absolute atomic E-state index is 15.0. The quantitative estimate of drug-likeness (QED) is 0.380. The standard InChI is InChI=1S/C29H23F2N3O3/c30-22-13-20-26-28(25(22)31)37-24-14-19-17(11-16-5-1-2-6-18(16)19)12-23(24)34(26)15-21(27(20)35)29(36)32-7-10-33-8-3-4-9-33/h1-2,5-6,12-15H,3-4,7-11H2,(H,32,36). The van der Waals surface area contributed by atoms with Crippen molar-refractivity contribution >= 4 is 16.8 Å². The highest BCUT2D eigenvalue weighted by molar-refractivity contribution is 5.99. The molecule has 1 amide bonds. The first-order valence-electron chi connectivity index (χ1n) is 12.5. The van der Waals surface area contributed by atoms with Gasteiger partial charge in [0.1, 0.15) is 11.1 Å². The van der Waals surface area contributed by atoms with Gasteiger partial charge in [-0.3, -0.25) is 9.59 Å². The zero-order valence-electron chi connectivity index (χ0n) is 19.9. The lowest BCUT2D eigenvalue weighted by molar-refractivity contribution is 0.0948. The van der Waals surface area contributed by atoms with Gasteiger partial charge in [0.05, 0.1) is 11.1 Å². The lowest BCUT2D eigenvalue weighted by atomic mass is 10.0. The molecule has 1 aliphatic carbocycles. The minimum Gasteiger partial charge on any atom is -0.450 e. The number of fused-ring (bicyclic) bond motifs is 5. The summed E-state index contributed by atoms with van der Waals surface area (Å²) < 4.78 is 37.1. The van der Waals surface area contributed by atoms with E-state index in [2.05, 4.69) is 16.3 Å². The second kappa shape index (κ2) is 8.24. The summed E-state index contributed by atoms with van der Waals surface area (Å²) in [5.74, 6) is -2.94. The Balaban J connectivity index is 1.36. The van der Waals surface area contributed by atoms with Crippen molar-refractivity contribution in [3.63, 3.8) is 0 Å². The predicted molar refractivity (Wildman–Crippen MR) is 136 cm³/mol. The molecule has 1 saturated heterocycles. The Hall–Kier alpha value is -4.04.